The topological polar surface area (TPSA) is 78.1 Å². The van der Waals surface area contributed by atoms with Gasteiger partial charge in [0, 0.05) is 34.7 Å². The SMILES string of the molecule is N#Cc1coc(Sc2ccc(C(=O)N[C@@H]3C[C@H]4CC[C@@H]3N4)cc2)c1. The van der Waals surface area contributed by atoms with Crippen LogP contribution in [0.2, 0.25) is 0 Å². The molecule has 6 heteroatoms. The Morgan fingerprint density at radius 1 is 1.33 bits per heavy atom. The van der Waals surface area contributed by atoms with Gasteiger partial charge in [-0.25, -0.2) is 0 Å². The first-order valence-corrected chi connectivity index (χ1v) is 8.86. The summed E-state index contributed by atoms with van der Waals surface area (Å²) in [7, 11) is 0. The van der Waals surface area contributed by atoms with E-state index in [1.807, 2.05) is 30.3 Å². The third-order valence-corrected chi connectivity index (χ3v) is 5.58. The molecule has 0 radical (unpaired) electrons. The van der Waals surface area contributed by atoms with Crippen LogP contribution in [-0.4, -0.2) is 24.0 Å². The minimum absolute atomic E-state index is 0.0179. The van der Waals surface area contributed by atoms with Gasteiger partial charge < -0.3 is 15.1 Å². The van der Waals surface area contributed by atoms with Crippen LogP contribution >= 0.6 is 11.8 Å². The van der Waals surface area contributed by atoms with E-state index in [0.717, 1.165) is 17.7 Å². The lowest BCUT2D eigenvalue weighted by Crippen LogP contribution is -2.42. The monoisotopic (exact) mass is 339 g/mol. The maximum Gasteiger partial charge on any atom is 0.251 e. The summed E-state index contributed by atoms with van der Waals surface area (Å²) in [6.45, 7) is 0. The van der Waals surface area contributed by atoms with Gasteiger partial charge in [0.05, 0.1) is 5.56 Å². The molecular weight excluding hydrogens is 322 g/mol. The number of fused-ring (bicyclic) bond motifs is 2. The zero-order chi connectivity index (χ0) is 16.5. The first kappa shape index (κ1) is 15.3. The molecule has 3 heterocycles. The highest BCUT2D eigenvalue weighted by atomic mass is 32.2. The van der Waals surface area contributed by atoms with E-state index in [-0.39, 0.29) is 11.9 Å². The predicted octanol–water partition coefficient (Wildman–Crippen LogP) is 2.93. The van der Waals surface area contributed by atoms with Crippen molar-refractivity contribution in [2.24, 2.45) is 0 Å². The van der Waals surface area contributed by atoms with E-state index >= 15 is 0 Å². The van der Waals surface area contributed by atoms with Gasteiger partial charge in [-0.15, -0.1) is 0 Å². The Labute approximate surface area is 144 Å². The van der Waals surface area contributed by atoms with E-state index in [2.05, 4.69) is 10.6 Å². The molecule has 0 aliphatic carbocycles. The van der Waals surface area contributed by atoms with Crippen molar-refractivity contribution in [1.29, 1.82) is 5.26 Å². The van der Waals surface area contributed by atoms with Crippen molar-refractivity contribution < 1.29 is 9.21 Å². The van der Waals surface area contributed by atoms with Gasteiger partial charge in [0.15, 0.2) is 5.09 Å². The molecule has 2 bridgehead atoms. The van der Waals surface area contributed by atoms with Gasteiger partial charge in [-0.2, -0.15) is 5.26 Å². The summed E-state index contributed by atoms with van der Waals surface area (Å²) < 4.78 is 5.31. The van der Waals surface area contributed by atoms with Crippen molar-refractivity contribution in [2.75, 3.05) is 0 Å². The number of nitriles is 1. The zero-order valence-electron chi connectivity index (χ0n) is 13.0. The summed E-state index contributed by atoms with van der Waals surface area (Å²) in [4.78, 5) is 13.4. The Kier molecular flexibility index (Phi) is 4.05. The van der Waals surface area contributed by atoms with Crippen molar-refractivity contribution in [1.82, 2.24) is 10.6 Å². The van der Waals surface area contributed by atoms with Crippen LogP contribution in [0.3, 0.4) is 0 Å². The fourth-order valence-electron chi connectivity index (χ4n) is 3.45. The van der Waals surface area contributed by atoms with Crippen LogP contribution in [0.1, 0.15) is 35.2 Å². The fourth-order valence-corrected chi connectivity index (χ4v) is 4.24. The zero-order valence-corrected chi connectivity index (χ0v) is 13.8. The van der Waals surface area contributed by atoms with Crippen molar-refractivity contribution >= 4 is 17.7 Å². The van der Waals surface area contributed by atoms with Gasteiger partial charge in [0.25, 0.3) is 5.91 Å². The highest BCUT2D eigenvalue weighted by molar-refractivity contribution is 7.99. The van der Waals surface area contributed by atoms with E-state index in [4.69, 9.17) is 9.68 Å². The molecule has 2 aliphatic rings. The maximum atomic E-state index is 12.4. The van der Waals surface area contributed by atoms with Crippen LogP contribution in [0, 0.1) is 11.3 Å². The number of nitrogens with one attached hydrogen (secondary N) is 2. The molecule has 2 fully saturated rings. The Hall–Kier alpha value is -2.23. The highest BCUT2D eigenvalue weighted by Crippen LogP contribution is 2.30. The molecule has 122 valence electrons. The average Bonchev–Trinajstić information content (AvgIpc) is 3.32. The van der Waals surface area contributed by atoms with Gasteiger partial charge in [0.2, 0.25) is 0 Å². The van der Waals surface area contributed by atoms with Crippen LogP contribution in [0.4, 0.5) is 0 Å². The lowest BCUT2D eigenvalue weighted by atomic mass is 9.95. The number of benzene rings is 1. The molecule has 2 saturated heterocycles. The van der Waals surface area contributed by atoms with Gasteiger partial charge in [-0.05, 0) is 43.5 Å². The summed E-state index contributed by atoms with van der Waals surface area (Å²) in [5.41, 5.74) is 1.17. The Balaban J connectivity index is 1.38. The molecule has 2 aliphatic heterocycles. The number of carbonyl (C=O) groups is 1. The van der Waals surface area contributed by atoms with E-state index < -0.39 is 0 Å². The second-order valence-corrected chi connectivity index (χ2v) is 7.33. The molecule has 0 saturated carbocycles. The Bertz CT molecular complexity index is 793. The van der Waals surface area contributed by atoms with Crippen molar-refractivity contribution in [3.63, 3.8) is 0 Å². The molecular formula is C18H17N3O2S. The van der Waals surface area contributed by atoms with Crippen LogP contribution in [0.25, 0.3) is 0 Å². The first-order chi connectivity index (χ1) is 11.7. The third kappa shape index (κ3) is 3.05. The van der Waals surface area contributed by atoms with Crippen LogP contribution in [0.15, 0.2) is 51.0 Å². The smallest absolute Gasteiger partial charge is 0.251 e. The largest absolute Gasteiger partial charge is 0.456 e. The van der Waals surface area contributed by atoms with Gasteiger partial charge in [-0.3, -0.25) is 4.79 Å². The Morgan fingerprint density at radius 3 is 2.79 bits per heavy atom. The van der Waals surface area contributed by atoms with Gasteiger partial charge >= 0.3 is 0 Å². The van der Waals surface area contributed by atoms with E-state index in [1.54, 1.807) is 6.07 Å². The summed E-state index contributed by atoms with van der Waals surface area (Å²) >= 11 is 1.43. The number of nitrogens with zero attached hydrogens (tertiary/aromatic N) is 1. The molecule has 1 aromatic carbocycles. The van der Waals surface area contributed by atoms with Crippen molar-refractivity contribution in [2.45, 2.75) is 47.4 Å². The minimum Gasteiger partial charge on any atom is -0.456 e. The predicted molar refractivity (Wildman–Crippen MR) is 89.8 cm³/mol. The molecule has 3 atom stereocenters. The van der Waals surface area contributed by atoms with Crippen LogP contribution in [-0.2, 0) is 0 Å². The first-order valence-electron chi connectivity index (χ1n) is 8.05. The molecule has 24 heavy (non-hydrogen) atoms. The van der Waals surface area contributed by atoms with Crippen molar-refractivity contribution in [3.05, 3.63) is 47.7 Å². The quantitative estimate of drug-likeness (QED) is 0.895. The number of amides is 1. The summed E-state index contributed by atoms with van der Waals surface area (Å²) in [6.07, 6.45) is 4.85. The summed E-state index contributed by atoms with van der Waals surface area (Å²) in [6, 6.07) is 12.4. The summed E-state index contributed by atoms with van der Waals surface area (Å²) in [5, 5.41) is 16.1. The molecule has 0 unspecified atom stereocenters. The molecule has 2 N–H and O–H groups in total. The molecule has 2 aromatic rings. The summed E-state index contributed by atoms with van der Waals surface area (Å²) in [5.74, 6) is -0.0179. The fraction of sp³-hybridized carbons (Fsp3) is 0.333. The highest BCUT2D eigenvalue weighted by Gasteiger charge is 2.39. The van der Waals surface area contributed by atoms with Crippen molar-refractivity contribution in [3.8, 4) is 6.07 Å². The molecule has 1 amide bonds. The average molecular weight is 339 g/mol. The second kappa shape index (κ2) is 6.34. The number of rotatable bonds is 4. The second-order valence-electron chi connectivity index (χ2n) is 6.26. The lowest BCUT2D eigenvalue weighted by molar-refractivity contribution is 0.0931. The minimum atomic E-state index is -0.0179. The lowest BCUT2D eigenvalue weighted by Gasteiger charge is -2.21. The molecule has 1 aromatic heterocycles. The number of hydrogen-bond acceptors (Lipinski definition) is 5. The number of hydrogen-bond donors (Lipinski definition) is 2. The normalized spacial score (nSPS) is 24.7. The standard InChI is InChI=1S/C18H17N3O2S/c19-9-11-7-17(23-10-11)24-14-4-1-12(2-5-14)18(22)21-16-8-13-3-6-15(16)20-13/h1-2,4-5,7,10,13,15-16,20H,3,6,8H2,(H,21,22)/t13-,15+,16-/m1/s1. The molecule has 0 spiro atoms. The van der Waals surface area contributed by atoms with Gasteiger partial charge in [-0.1, -0.05) is 11.8 Å². The third-order valence-electron chi connectivity index (χ3n) is 4.66. The number of furan rings is 1. The van der Waals surface area contributed by atoms with Gasteiger partial charge in [0.1, 0.15) is 12.3 Å². The Morgan fingerprint density at radius 2 is 2.17 bits per heavy atom. The molecule has 4 rings (SSSR count). The van der Waals surface area contributed by atoms with E-state index in [1.165, 1.54) is 24.4 Å². The van der Waals surface area contributed by atoms with E-state index in [9.17, 15) is 4.79 Å². The van der Waals surface area contributed by atoms with E-state index in [0.29, 0.717) is 28.3 Å². The van der Waals surface area contributed by atoms with Crippen LogP contribution in [0.5, 0.6) is 0 Å². The van der Waals surface area contributed by atoms with Crippen LogP contribution < -0.4 is 10.6 Å². The maximum absolute atomic E-state index is 12.4. The molecule has 5 nitrogen and oxygen atoms in total. The number of carbonyl (C=O) groups excluding carboxylic acids is 1.